The molecule has 1 N–H and O–H groups in total. The average Bonchev–Trinajstić information content (AvgIpc) is 2.18. The van der Waals surface area contributed by atoms with Crippen molar-refractivity contribution in [2.24, 2.45) is 0 Å². The van der Waals surface area contributed by atoms with Crippen LogP contribution in [0.5, 0.6) is 0 Å². The van der Waals surface area contributed by atoms with Gasteiger partial charge in [-0.05, 0) is 18.2 Å². The Kier molecular flexibility index (Phi) is 4.00. The smallest absolute Gasteiger partial charge is 0.251 e. The maximum atomic E-state index is 12.7. The molecule has 0 unspecified atom stereocenters. The number of nitrogens with one attached hydrogen (secondary N) is 1. The van der Waals surface area contributed by atoms with E-state index < -0.39 is 17.5 Å². The Labute approximate surface area is 88.4 Å². The lowest BCUT2D eigenvalue weighted by atomic mass is 10.2. The van der Waals surface area contributed by atoms with Crippen LogP contribution in [-0.4, -0.2) is 17.8 Å². The Bertz CT molecular complexity index is 344. The summed E-state index contributed by atoms with van der Waals surface area (Å²) in [7, 11) is 0. The van der Waals surface area contributed by atoms with E-state index in [4.69, 9.17) is 0 Å². The second-order valence-corrected chi connectivity index (χ2v) is 3.37. The minimum absolute atomic E-state index is 0.116. The first-order valence-corrected chi connectivity index (χ1v) is 5.06. The van der Waals surface area contributed by atoms with E-state index in [1.165, 1.54) is 6.07 Å². The van der Waals surface area contributed by atoms with E-state index in [1.54, 1.807) is 0 Å². The van der Waals surface area contributed by atoms with Crippen molar-refractivity contribution in [2.75, 3.05) is 11.9 Å². The SMILES string of the molecule is O=C(NCCBr)c1ccc(F)c(F)c1. The van der Waals surface area contributed by atoms with Crippen molar-refractivity contribution in [3.63, 3.8) is 0 Å². The summed E-state index contributed by atoms with van der Waals surface area (Å²) in [5.74, 6) is -2.39. The Morgan fingerprint density at radius 3 is 2.64 bits per heavy atom. The molecule has 0 radical (unpaired) electrons. The highest BCUT2D eigenvalue weighted by Gasteiger charge is 2.08. The van der Waals surface area contributed by atoms with Gasteiger partial charge in [-0.25, -0.2) is 8.78 Å². The van der Waals surface area contributed by atoms with Gasteiger partial charge in [-0.15, -0.1) is 0 Å². The van der Waals surface area contributed by atoms with Crippen LogP contribution >= 0.6 is 15.9 Å². The second kappa shape index (κ2) is 5.05. The number of hydrogen-bond donors (Lipinski definition) is 1. The lowest BCUT2D eigenvalue weighted by molar-refractivity contribution is 0.0955. The second-order valence-electron chi connectivity index (χ2n) is 2.57. The molecule has 0 aliphatic carbocycles. The van der Waals surface area contributed by atoms with Crippen molar-refractivity contribution in [1.82, 2.24) is 5.32 Å². The van der Waals surface area contributed by atoms with Gasteiger partial charge in [0, 0.05) is 17.4 Å². The van der Waals surface area contributed by atoms with Gasteiger partial charge in [0.1, 0.15) is 0 Å². The van der Waals surface area contributed by atoms with Crippen LogP contribution in [0.1, 0.15) is 10.4 Å². The maximum Gasteiger partial charge on any atom is 0.251 e. The lowest BCUT2D eigenvalue weighted by Gasteiger charge is -2.02. The molecule has 0 aromatic heterocycles. The first-order valence-electron chi connectivity index (χ1n) is 3.94. The third-order valence-electron chi connectivity index (χ3n) is 1.56. The summed E-state index contributed by atoms with van der Waals surface area (Å²) in [6, 6.07) is 3.04. The van der Waals surface area contributed by atoms with Crippen LogP contribution in [-0.2, 0) is 0 Å². The molecular formula is C9H8BrF2NO. The minimum atomic E-state index is -1.02. The van der Waals surface area contributed by atoms with Crippen molar-refractivity contribution in [2.45, 2.75) is 0 Å². The number of alkyl halides is 1. The van der Waals surface area contributed by atoms with E-state index in [2.05, 4.69) is 21.2 Å². The van der Waals surface area contributed by atoms with E-state index >= 15 is 0 Å². The largest absolute Gasteiger partial charge is 0.351 e. The van der Waals surface area contributed by atoms with Crippen LogP contribution in [0.25, 0.3) is 0 Å². The van der Waals surface area contributed by atoms with Gasteiger partial charge < -0.3 is 5.32 Å². The summed E-state index contributed by atoms with van der Waals surface area (Å²) >= 11 is 3.13. The Balaban J connectivity index is 2.76. The highest BCUT2D eigenvalue weighted by atomic mass is 79.9. The zero-order chi connectivity index (χ0) is 10.6. The molecule has 0 bridgehead atoms. The number of halogens is 3. The van der Waals surface area contributed by atoms with Crippen molar-refractivity contribution in [3.05, 3.63) is 35.4 Å². The molecule has 0 spiro atoms. The molecule has 1 rings (SSSR count). The van der Waals surface area contributed by atoms with Gasteiger partial charge in [0.25, 0.3) is 5.91 Å². The van der Waals surface area contributed by atoms with Crippen molar-refractivity contribution >= 4 is 21.8 Å². The number of amides is 1. The molecule has 5 heteroatoms. The molecule has 0 saturated heterocycles. The average molecular weight is 264 g/mol. The molecule has 0 fully saturated rings. The standard InChI is InChI=1S/C9H8BrF2NO/c10-3-4-13-9(14)6-1-2-7(11)8(12)5-6/h1-2,5H,3-4H2,(H,13,14). The zero-order valence-electron chi connectivity index (χ0n) is 7.19. The molecule has 76 valence electrons. The van der Waals surface area contributed by atoms with Crippen LogP contribution in [0.4, 0.5) is 8.78 Å². The van der Waals surface area contributed by atoms with Crippen LogP contribution in [0.3, 0.4) is 0 Å². The topological polar surface area (TPSA) is 29.1 Å². The Morgan fingerprint density at radius 2 is 2.07 bits per heavy atom. The summed E-state index contributed by atoms with van der Waals surface area (Å²) in [6.45, 7) is 0.442. The molecule has 0 aliphatic heterocycles. The van der Waals surface area contributed by atoms with Gasteiger partial charge in [-0.1, -0.05) is 15.9 Å². The summed E-state index contributed by atoms with van der Waals surface area (Å²) in [4.78, 5) is 11.2. The molecule has 1 amide bonds. The fourth-order valence-corrected chi connectivity index (χ4v) is 1.10. The van der Waals surface area contributed by atoms with Crippen LogP contribution in [0.15, 0.2) is 18.2 Å². The molecule has 0 atom stereocenters. The number of benzene rings is 1. The maximum absolute atomic E-state index is 12.7. The van der Waals surface area contributed by atoms with E-state index in [-0.39, 0.29) is 5.56 Å². The van der Waals surface area contributed by atoms with Crippen molar-refractivity contribution < 1.29 is 13.6 Å². The first kappa shape index (κ1) is 11.1. The quantitative estimate of drug-likeness (QED) is 0.832. The summed E-state index contributed by atoms with van der Waals surface area (Å²) < 4.78 is 25.2. The van der Waals surface area contributed by atoms with E-state index in [9.17, 15) is 13.6 Å². The molecule has 0 saturated carbocycles. The van der Waals surface area contributed by atoms with Crippen molar-refractivity contribution in [1.29, 1.82) is 0 Å². The van der Waals surface area contributed by atoms with Gasteiger partial charge in [0.2, 0.25) is 0 Å². The van der Waals surface area contributed by atoms with Gasteiger partial charge in [-0.2, -0.15) is 0 Å². The van der Waals surface area contributed by atoms with E-state index in [0.29, 0.717) is 11.9 Å². The van der Waals surface area contributed by atoms with Crippen molar-refractivity contribution in [3.8, 4) is 0 Å². The zero-order valence-corrected chi connectivity index (χ0v) is 8.77. The monoisotopic (exact) mass is 263 g/mol. The molecular weight excluding hydrogens is 256 g/mol. The number of carbonyl (C=O) groups excluding carboxylic acids is 1. The molecule has 1 aromatic rings. The fraction of sp³-hybridized carbons (Fsp3) is 0.222. The summed E-state index contributed by atoms with van der Waals surface area (Å²) in [5, 5.41) is 3.13. The van der Waals surface area contributed by atoms with Gasteiger partial charge in [0.05, 0.1) is 0 Å². The van der Waals surface area contributed by atoms with E-state index in [0.717, 1.165) is 12.1 Å². The third-order valence-corrected chi connectivity index (χ3v) is 1.96. The lowest BCUT2D eigenvalue weighted by Crippen LogP contribution is -2.25. The predicted octanol–water partition coefficient (Wildman–Crippen LogP) is 2.09. The fourth-order valence-electron chi connectivity index (χ4n) is 0.900. The molecule has 1 aromatic carbocycles. The third kappa shape index (κ3) is 2.77. The number of hydrogen-bond acceptors (Lipinski definition) is 1. The highest BCUT2D eigenvalue weighted by Crippen LogP contribution is 2.08. The van der Waals surface area contributed by atoms with Crippen LogP contribution in [0, 0.1) is 11.6 Å². The summed E-state index contributed by atoms with van der Waals surface area (Å²) in [6.07, 6.45) is 0. The normalized spacial score (nSPS) is 9.93. The first-order chi connectivity index (χ1) is 6.65. The minimum Gasteiger partial charge on any atom is -0.351 e. The molecule has 0 aliphatic rings. The van der Waals surface area contributed by atoms with E-state index in [1.807, 2.05) is 0 Å². The van der Waals surface area contributed by atoms with Crippen LogP contribution in [0.2, 0.25) is 0 Å². The molecule has 0 heterocycles. The van der Waals surface area contributed by atoms with Gasteiger partial charge in [-0.3, -0.25) is 4.79 Å². The summed E-state index contributed by atoms with van der Waals surface area (Å²) in [5.41, 5.74) is 0.116. The Hall–Kier alpha value is -0.970. The number of carbonyl (C=O) groups is 1. The molecule has 2 nitrogen and oxygen atoms in total. The van der Waals surface area contributed by atoms with Gasteiger partial charge >= 0.3 is 0 Å². The van der Waals surface area contributed by atoms with Gasteiger partial charge in [0.15, 0.2) is 11.6 Å². The Morgan fingerprint density at radius 1 is 1.36 bits per heavy atom. The number of rotatable bonds is 3. The van der Waals surface area contributed by atoms with Crippen LogP contribution < -0.4 is 5.32 Å². The molecule has 14 heavy (non-hydrogen) atoms. The highest BCUT2D eigenvalue weighted by molar-refractivity contribution is 9.09. The predicted molar refractivity (Wildman–Crippen MR) is 52.5 cm³/mol.